The largest absolute Gasteiger partial charge is 0.320 e. The van der Waals surface area contributed by atoms with Crippen LogP contribution in [-0.2, 0) is 0 Å². The van der Waals surface area contributed by atoms with Crippen LogP contribution in [0.25, 0.3) is 0 Å². The molecule has 0 radical (unpaired) electrons. The third kappa shape index (κ3) is 4.95. The van der Waals surface area contributed by atoms with E-state index in [0.717, 1.165) is 11.0 Å². The van der Waals surface area contributed by atoms with Gasteiger partial charge in [-0.15, -0.1) is 0 Å². The van der Waals surface area contributed by atoms with Crippen molar-refractivity contribution >= 4 is 25.0 Å². The van der Waals surface area contributed by atoms with Crippen LogP contribution in [0.5, 0.6) is 0 Å². The number of nitrogens with zero attached hydrogens (tertiary/aromatic N) is 1. The fourth-order valence-corrected chi connectivity index (χ4v) is 12.0. The van der Waals surface area contributed by atoms with Crippen LogP contribution in [0, 0.1) is 0 Å². The van der Waals surface area contributed by atoms with E-state index in [0.29, 0.717) is 34.2 Å². The van der Waals surface area contributed by atoms with Crippen molar-refractivity contribution < 1.29 is 4.79 Å². The number of nitrogens with one attached hydrogen (secondary N) is 1. The van der Waals surface area contributed by atoms with E-state index < -0.39 is 8.07 Å². The number of benzene rings is 1. The molecule has 1 aromatic carbocycles. The van der Waals surface area contributed by atoms with Crippen molar-refractivity contribution in [2.45, 2.75) is 97.7 Å². The molecular formula is C27H42N2OSi. The zero-order valence-electron chi connectivity index (χ0n) is 21.2. The highest BCUT2D eigenvalue weighted by Gasteiger charge is 2.45. The van der Waals surface area contributed by atoms with Gasteiger partial charge in [0.25, 0.3) is 5.91 Å². The highest BCUT2D eigenvalue weighted by atomic mass is 28.3. The molecule has 2 rings (SSSR count). The molecule has 31 heavy (non-hydrogen) atoms. The van der Waals surface area contributed by atoms with Gasteiger partial charge in [0.2, 0.25) is 0 Å². The monoisotopic (exact) mass is 438 g/mol. The molecule has 0 aliphatic heterocycles. The van der Waals surface area contributed by atoms with Gasteiger partial charge in [-0.1, -0.05) is 93.5 Å². The van der Waals surface area contributed by atoms with E-state index in [2.05, 4.69) is 98.8 Å². The second-order valence-corrected chi connectivity index (χ2v) is 16.2. The van der Waals surface area contributed by atoms with E-state index in [1.54, 1.807) is 0 Å². The number of aromatic nitrogens is 1. The van der Waals surface area contributed by atoms with E-state index in [9.17, 15) is 4.79 Å². The average Bonchev–Trinajstić information content (AvgIpc) is 2.67. The summed E-state index contributed by atoms with van der Waals surface area (Å²) >= 11 is 0. The topological polar surface area (TPSA) is 42.0 Å². The zero-order chi connectivity index (χ0) is 23.5. The summed E-state index contributed by atoms with van der Waals surface area (Å²) in [5.74, 6) is 0.545. The third-order valence-electron chi connectivity index (χ3n) is 6.90. The number of anilines is 1. The number of hydrogen-bond acceptors (Lipinski definition) is 2. The molecule has 0 unspecified atom stereocenters. The van der Waals surface area contributed by atoms with Gasteiger partial charge in [-0.25, -0.2) is 0 Å². The summed E-state index contributed by atoms with van der Waals surface area (Å²) in [5.41, 5.74) is 5.46. The first-order valence-electron chi connectivity index (χ1n) is 11.9. The Hall–Kier alpha value is -1.94. The van der Waals surface area contributed by atoms with Crippen LogP contribution in [0.15, 0.2) is 36.4 Å². The molecule has 0 spiro atoms. The first-order valence-corrected chi connectivity index (χ1v) is 14.1. The second kappa shape index (κ2) is 10.1. The molecule has 170 valence electrons. The van der Waals surface area contributed by atoms with Crippen molar-refractivity contribution in [1.82, 2.24) is 4.98 Å². The van der Waals surface area contributed by atoms with E-state index in [4.69, 9.17) is 4.98 Å². The highest BCUT2D eigenvalue weighted by Crippen LogP contribution is 2.40. The smallest absolute Gasteiger partial charge is 0.274 e. The first kappa shape index (κ1) is 25.3. The van der Waals surface area contributed by atoms with Crippen LogP contribution in [-0.4, -0.2) is 19.0 Å². The maximum Gasteiger partial charge on any atom is 0.274 e. The van der Waals surface area contributed by atoms with E-state index >= 15 is 0 Å². The molecule has 3 nitrogen and oxygen atoms in total. The number of amides is 1. The van der Waals surface area contributed by atoms with E-state index in [1.165, 1.54) is 11.1 Å². The molecule has 1 heterocycles. The summed E-state index contributed by atoms with van der Waals surface area (Å²) in [5, 5.41) is 4.39. The van der Waals surface area contributed by atoms with Crippen LogP contribution in [0.2, 0.25) is 16.6 Å². The highest BCUT2D eigenvalue weighted by molar-refractivity contribution is 6.94. The van der Waals surface area contributed by atoms with Crippen LogP contribution < -0.4 is 10.6 Å². The molecule has 0 fully saturated rings. The quantitative estimate of drug-likeness (QED) is 0.434. The molecule has 4 heteroatoms. The van der Waals surface area contributed by atoms with Crippen molar-refractivity contribution in [1.29, 1.82) is 0 Å². The predicted octanol–water partition coefficient (Wildman–Crippen LogP) is 7.47. The van der Waals surface area contributed by atoms with Crippen LogP contribution >= 0.6 is 0 Å². The Morgan fingerprint density at radius 1 is 0.742 bits per heavy atom. The maximum absolute atomic E-state index is 13.4. The number of pyridine rings is 1. The summed E-state index contributed by atoms with van der Waals surface area (Å²) in [6.45, 7) is 22.6. The number of hydrogen-bond donors (Lipinski definition) is 1. The van der Waals surface area contributed by atoms with Gasteiger partial charge in [-0.3, -0.25) is 9.78 Å². The minimum absolute atomic E-state index is 0.115. The van der Waals surface area contributed by atoms with Crippen LogP contribution in [0.3, 0.4) is 0 Å². The van der Waals surface area contributed by atoms with Crippen LogP contribution in [0.1, 0.15) is 103 Å². The molecule has 1 aromatic heterocycles. The van der Waals surface area contributed by atoms with E-state index in [1.807, 2.05) is 12.1 Å². The van der Waals surface area contributed by atoms with Gasteiger partial charge in [0.05, 0.1) is 0 Å². The van der Waals surface area contributed by atoms with Gasteiger partial charge in [0, 0.05) is 11.0 Å². The Kier molecular flexibility index (Phi) is 8.26. The maximum atomic E-state index is 13.4. The standard InChI is InChI=1S/C27H42N2OSi/c1-17(2)22-13-11-14-23(18(3)4)26(22)29-27(30)24-15-12-16-25(28-24)31(19(5)6,20(7)8)21(9)10/h11-21H,1-10H3,(H,29,30). The minimum Gasteiger partial charge on any atom is -0.320 e. The van der Waals surface area contributed by atoms with Crippen molar-refractivity contribution in [3.8, 4) is 0 Å². The van der Waals surface area contributed by atoms with Gasteiger partial charge in [0.15, 0.2) is 0 Å². The molecule has 0 atom stereocenters. The molecule has 0 bridgehead atoms. The number of carbonyl (C=O) groups excluding carboxylic acids is 1. The number of rotatable bonds is 8. The Labute approximate surface area is 191 Å². The molecule has 0 saturated heterocycles. The van der Waals surface area contributed by atoms with Gasteiger partial charge in [-0.05, 0) is 51.7 Å². The van der Waals surface area contributed by atoms with Crippen LogP contribution in [0.4, 0.5) is 5.69 Å². The Bertz CT molecular complexity index is 852. The summed E-state index contributed by atoms with van der Waals surface area (Å²) in [7, 11) is -1.92. The molecule has 0 aliphatic rings. The third-order valence-corrected chi connectivity index (χ3v) is 13.8. The van der Waals surface area contributed by atoms with Gasteiger partial charge in [-0.2, -0.15) is 0 Å². The zero-order valence-corrected chi connectivity index (χ0v) is 22.2. The van der Waals surface area contributed by atoms with E-state index in [-0.39, 0.29) is 5.91 Å². The number of para-hydroxylation sites is 1. The van der Waals surface area contributed by atoms with Crippen molar-refractivity contribution in [3.05, 3.63) is 53.2 Å². The summed E-state index contributed by atoms with van der Waals surface area (Å²) in [4.78, 5) is 18.4. The summed E-state index contributed by atoms with van der Waals surface area (Å²) in [6, 6.07) is 12.3. The fraction of sp³-hybridized carbons (Fsp3) is 0.556. The lowest BCUT2D eigenvalue weighted by Gasteiger charge is -2.42. The first-order chi connectivity index (χ1) is 14.4. The van der Waals surface area contributed by atoms with Crippen molar-refractivity contribution in [2.24, 2.45) is 0 Å². The molecule has 2 aromatic rings. The average molecular weight is 439 g/mol. The Morgan fingerprint density at radius 2 is 1.19 bits per heavy atom. The van der Waals surface area contributed by atoms with Gasteiger partial charge < -0.3 is 5.32 Å². The summed E-state index contributed by atoms with van der Waals surface area (Å²) < 4.78 is 0. The summed E-state index contributed by atoms with van der Waals surface area (Å²) in [6.07, 6.45) is 0. The van der Waals surface area contributed by atoms with Gasteiger partial charge in [0.1, 0.15) is 13.8 Å². The molecule has 1 N–H and O–H groups in total. The molecule has 0 aliphatic carbocycles. The lowest BCUT2D eigenvalue weighted by atomic mass is 9.92. The normalized spacial score (nSPS) is 12.5. The second-order valence-electron chi connectivity index (χ2n) is 10.4. The van der Waals surface area contributed by atoms with Crippen molar-refractivity contribution in [3.63, 3.8) is 0 Å². The van der Waals surface area contributed by atoms with Gasteiger partial charge >= 0.3 is 0 Å². The molecular weight excluding hydrogens is 396 g/mol. The lowest BCUT2D eigenvalue weighted by molar-refractivity contribution is 0.102. The fourth-order valence-electron chi connectivity index (χ4n) is 5.56. The lowest BCUT2D eigenvalue weighted by Crippen LogP contribution is -2.57. The minimum atomic E-state index is -1.92. The number of carbonyl (C=O) groups is 1. The Morgan fingerprint density at radius 3 is 1.61 bits per heavy atom. The Balaban J connectivity index is 2.53. The van der Waals surface area contributed by atoms with Crippen molar-refractivity contribution in [2.75, 3.05) is 5.32 Å². The SMILES string of the molecule is CC(C)c1cccc(C(C)C)c1NC(=O)c1cccc([Si](C(C)C)(C(C)C)C(C)C)n1. The molecule has 0 saturated carbocycles. The molecule has 1 amide bonds. The predicted molar refractivity (Wildman–Crippen MR) is 137 cm³/mol.